The van der Waals surface area contributed by atoms with E-state index in [0.717, 1.165) is 38.5 Å². The molecule has 176 valence electrons. The summed E-state index contributed by atoms with van der Waals surface area (Å²) in [5.74, 6) is 1.47. The number of hydrogen-bond acceptors (Lipinski definition) is 8. The summed E-state index contributed by atoms with van der Waals surface area (Å²) in [6.45, 7) is 1.98. The van der Waals surface area contributed by atoms with Crippen LogP contribution in [0.5, 0.6) is 0 Å². The van der Waals surface area contributed by atoms with Crippen LogP contribution in [-0.4, -0.2) is 30.4 Å². The molecule has 3 aromatic carbocycles. The predicted octanol–water partition coefficient (Wildman–Crippen LogP) is 6.53. The van der Waals surface area contributed by atoms with Gasteiger partial charge in [0.2, 0.25) is 11.8 Å². The monoisotopic (exact) mass is 482 g/mol. The molecule has 37 heavy (non-hydrogen) atoms. The fraction of sp³-hybridized carbons (Fsp3) is 0.0345. The van der Waals surface area contributed by atoms with E-state index in [0.29, 0.717) is 35.0 Å². The molecule has 0 aliphatic carbocycles. The van der Waals surface area contributed by atoms with E-state index < -0.39 is 0 Å². The largest absolute Gasteiger partial charge is 0.415 e. The molecular formula is C29H18N6O2. The zero-order chi connectivity index (χ0) is 24.8. The fourth-order valence-corrected chi connectivity index (χ4v) is 4.29. The smallest absolute Gasteiger partial charge is 0.266 e. The van der Waals surface area contributed by atoms with Crippen molar-refractivity contribution in [1.29, 1.82) is 0 Å². The van der Waals surface area contributed by atoms with Crippen molar-refractivity contribution in [3.8, 4) is 46.1 Å². The molecule has 0 spiro atoms. The van der Waals surface area contributed by atoms with Crippen molar-refractivity contribution >= 4 is 21.8 Å². The zero-order valence-electron chi connectivity index (χ0n) is 19.7. The highest BCUT2D eigenvalue weighted by molar-refractivity contribution is 5.81. The minimum absolute atomic E-state index is 0.353. The highest BCUT2D eigenvalue weighted by Crippen LogP contribution is 2.30. The first-order chi connectivity index (χ1) is 18.2. The minimum Gasteiger partial charge on any atom is -0.415 e. The molecular weight excluding hydrogens is 464 g/mol. The van der Waals surface area contributed by atoms with Gasteiger partial charge in [0, 0.05) is 21.9 Å². The number of fused-ring (bicyclic) bond motifs is 2. The third-order valence-corrected chi connectivity index (χ3v) is 6.06. The molecule has 0 atom stereocenters. The van der Waals surface area contributed by atoms with Crippen LogP contribution in [0.25, 0.3) is 67.9 Å². The summed E-state index contributed by atoms with van der Waals surface area (Å²) >= 11 is 0. The number of aryl methyl sites for hydroxylation is 1. The lowest BCUT2D eigenvalue weighted by atomic mass is 10.1. The molecule has 0 amide bonds. The van der Waals surface area contributed by atoms with E-state index in [-0.39, 0.29) is 0 Å². The van der Waals surface area contributed by atoms with Crippen LogP contribution in [0.15, 0.2) is 99.8 Å². The van der Waals surface area contributed by atoms with Gasteiger partial charge in [0.1, 0.15) is 11.4 Å². The summed E-state index contributed by atoms with van der Waals surface area (Å²) in [4.78, 5) is 9.30. The van der Waals surface area contributed by atoms with Crippen LogP contribution in [0.4, 0.5) is 0 Å². The first-order valence-electron chi connectivity index (χ1n) is 11.7. The van der Waals surface area contributed by atoms with Crippen LogP contribution >= 0.6 is 0 Å². The number of aromatic nitrogens is 6. The Morgan fingerprint density at radius 2 is 0.946 bits per heavy atom. The van der Waals surface area contributed by atoms with Gasteiger partial charge in [0.15, 0.2) is 0 Å². The maximum Gasteiger partial charge on any atom is 0.266 e. The third-order valence-electron chi connectivity index (χ3n) is 6.06. The summed E-state index contributed by atoms with van der Waals surface area (Å²) in [5, 5.41) is 19.1. The Morgan fingerprint density at radius 1 is 0.486 bits per heavy atom. The van der Waals surface area contributed by atoms with Crippen molar-refractivity contribution in [2.45, 2.75) is 6.92 Å². The van der Waals surface area contributed by atoms with Crippen LogP contribution in [0.3, 0.4) is 0 Å². The molecule has 4 aromatic heterocycles. The van der Waals surface area contributed by atoms with Gasteiger partial charge in [-0.2, -0.15) is 0 Å². The van der Waals surface area contributed by atoms with E-state index in [4.69, 9.17) is 8.83 Å². The molecule has 8 heteroatoms. The molecule has 0 unspecified atom stereocenters. The van der Waals surface area contributed by atoms with E-state index >= 15 is 0 Å². The van der Waals surface area contributed by atoms with E-state index in [1.807, 2.05) is 97.9 Å². The molecule has 0 saturated carbocycles. The van der Waals surface area contributed by atoms with E-state index in [9.17, 15) is 0 Å². The highest BCUT2D eigenvalue weighted by Gasteiger charge is 2.17. The number of rotatable bonds is 4. The van der Waals surface area contributed by atoms with Crippen molar-refractivity contribution < 1.29 is 8.83 Å². The second kappa shape index (κ2) is 8.46. The Hall–Kier alpha value is -5.24. The predicted molar refractivity (Wildman–Crippen MR) is 139 cm³/mol. The van der Waals surface area contributed by atoms with Gasteiger partial charge in [-0.15, -0.1) is 20.4 Å². The molecule has 0 aliphatic rings. The zero-order valence-corrected chi connectivity index (χ0v) is 19.7. The Morgan fingerprint density at radius 3 is 1.46 bits per heavy atom. The Balaban J connectivity index is 1.22. The third kappa shape index (κ3) is 3.90. The van der Waals surface area contributed by atoms with Gasteiger partial charge in [-0.3, -0.25) is 0 Å². The molecule has 0 aliphatic heterocycles. The molecule has 0 bridgehead atoms. The van der Waals surface area contributed by atoms with Crippen LogP contribution in [0.2, 0.25) is 0 Å². The van der Waals surface area contributed by atoms with Gasteiger partial charge in [-0.1, -0.05) is 48.5 Å². The quantitative estimate of drug-likeness (QED) is 0.279. The first kappa shape index (κ1) is 21.1. The molecule has 0 radical (unpaired) electrons. The number of benzene rings is 3. The van der Waals surface area contributed by atoms with Gasteiger partial charge in [0.05, 0.1) is 11.0 Å². The van der Waals surface area contributed by atoms with Crippen molar-refractivity contribution in [2.24, 2.45) is 0 Å². The van der Waals surface area contributed by atoms with Crippen LogP contribution in [-0.2, 0) is 0 Å². The Kier molecular flexibility index (Phi) is 4.82. The maximum absolute atomic E-state index is 6.00. The average molecular weight is 483 g/mol. The lowest BCUT2D eigenvalue weighted by Gasteiger charge is -2.02. The Labute approximate surface area is 210 Å². The molecule has 0 fully saturated rings. The fourth-order valence-electron chi connectivity index (χ4n) is 4.29. The second-order valence-corrected chi connectivity index (χ2v) is 8.69. The standard InChI is InChI=1S/C29H18N6O2/c1-17-14-20(26-32-34-28(36-26)24-12-10-18-6-2-4-8-22(18)30-24)16-21(15-17)27-33-35-29(37-27)25-13-11-19-7-3-5-9-23(19)31-25/h2-16H,1H3. The van der Waals surface area contributed by atoms with Gasteiger partial charge < -0.3 is 8.83 Å². The minimum atomic E-state index is 0.353. The number of hydrogen-bond donors (Lipinski definition) is 0. The molecule has 4 heterocycles. The van der Waals surface area contributed by atoms with Crippen molar-refractivity contribution in [3.05, 3.63) is 96.6 Å². The highest BCUT2D eigenvalue weighted by atomic mass is 16.4. The van der Waals surface area contributed by atoms with Crippen molar-refractivity contribution in [2.75, 3.05) is 0 Å². The number of pyridine rings is 2. The number of para-hydroxylation sites is 2. The summed E-state index contributed by atoms with van der Waals surface area (Å²) in [6, 6.07) is 29.4. The summed E-state index contributed by atoms with van der Waals surface area (Å²) in [6.07, 6.45) is 0. The Bertz CT molecular complexity index is 1790. The van der Waals surface area contributed by atoms with E-state index in [2.05, 4.69) is 30.4 Å². The van der Waals surface area contributed by atoms with Crippen molar-refractivity contribution in [1.82, 2.24) is 30.4 Å². The van der Waals surface area contributed by atoms with Crippen molar-refractivity contribution in [3.63, 3.8) is 0 Å². The topological polar surface area (TPSA) is 104 Å². The molecule has 7 aromatic rings. The molecule has 0 N–H and O–H groups in total. The van der Waals surface area contributed by atoms with Gasteiger partial charge in [-0.25, -0.2) is 9.97 Å². The maximum atomic E-state index is 6.00. The lowest BCUT2D eigenvalue weighted by molar-refractivity contribution is 0.580. The normalized spacial score (nSPS) is 11.4. The summed E-state index contributed by atoms with van der Waals surface area (Å²) in [7, 11) is 0. The second-order valence-electron chi connectivity index (χ2n) is 8.69. The van der Waals surface area contributed by atoms with Gasteiger partial charge in [0.25, 0.3) is 11.8 Å². The summed E-state index contributed by atoms with van der Waals surface area (Å²) < 4.78 is 12.0. The molecule has 8 nitrogen and oxygen atoms in total. The van der Waals surface area contributed by atoms with Crippen LogP contribution in [0.1, 0.15) is 5.56 Å². The SMILES string of the molecule is Cc1cc(-c2nnc(-c3ccc4ccccc4n3)o2)cc(-c2nnc(-c3ccc4ccccc4n3)o2)c1. The van der Waals surface area contributed by atoms with Crippen LogP contribution in [0, 0.1) is 6.92 Å². The first-order valence-corrected chi connectivity index (χ1v) is 11.7. The van der Waals surface area contributed by atoms with Gasteiger partial charge in [-0.05, 0) is 55.0 Å². The van der Waals surface area contributed by atoms with E-state index in [1.54, 1.807) is 0 Å². The van der Waals surface area contributed by atoms with Crippen LogP contribution < -0.4 is 0 Å². The van der Waals surface area contributed by atoms with Gasteiger partial charge >= 0.3 is 0 Å². The summed E-state index contributed by atoms with van der Waals surface area (Å²) in [5.41, 5.74) is 5.46. The average Bonchev–Trinajstić information content (AvgIpc) is 3.63. The number of nitrogens with zero attached hydrogens (tertiary/aromatic N) is 6. The molecule has 0 saturated heterocycles. The molecule has 7 rings (SSSR count). The van der Waals surface area contributed by atoms with E-state index in [1.165, 1.54) is 0 Å². The lowest BCUT2D eigenvalue weighted by Crippen LogP contribution is -1.85.